The van der Waals surface area contributed by atoms with Crippen molar-refractivity contribution in [2.24, 2.45) is 0 Å². The molecule has 0 aromatic heterocycles. The molecule has 2 N–H and O–H groups in total. The Balaban J connectivity index is 1.87. The Morgan fingerprint density at radius 3 is 2.45 bits per heavy atom. The Kier molecular flexibility index (Phi) is 4.75. The van der Waals surface area contributed by atoms with Crippen molar-refractivity contribution in [2.75, 3.05) is 20.6 Å². The van der Waals surface area contributed by atoms with Gasteiger partial charge in [-0.25, -0.2) is 8.78 Å². The molecule has 0 radical (unpaired) electrons. The van der Waals surface area contributed by atoms with Gasteiger partial charge >= 0.3 is 0 Å². The number of hydrogen-bond acceptors (Lipinski definition) is 3. The first kappa shape index (κ1) is 16.4. The van der Waals surface area contributed by atoms with Gasteiger partial charge in [-0.2, -0.15) is 0 Å². The molecule has 22 heavy (non-hydrogen) atoms. The van der Waals surface area contributed by atoms with Crippen molar-refractivity contribution in [3.63, 3.8) is 0 Å². The molecule has 1 unspecified atom stereocenters. The minimum atomic E-state index is -2.82. The average Bonchev–Trinajstić information content (AvgIpc) is 2.84. The lowest BCUT2D eigenvalue weighted by molar-refractivity contribution is -0.123. The molecule has 5 nitrogen and oxygen atoms in total. The number of nitrogens with zero attached hydrogens (tertiary/aromatic N) is 1. The summed E-state index contributed by atoms with van der Waals surface area (Å²) in [6, 6.07) is 5.95. The van der Waals surface area contributed by atoms with E-state index in [1.54, 1.807) is 38.4 Å². The molecule has 1 aliphatic heterocycles. The predicted octanol–water partition coefficient (Wildman–Crippen LogP) is 1.00. The van der Waals surface area contributed by atoms with Crippen LogP contribution in [-0.2, 0) is 11.3 Å². The molecule has 1 aromatic rings. The largest absolute Gasteiger partial charge is 0.351 e. The van der Waals surface area contributed by atoms with E-state index in [9.17, 15) is 18.4 Å². The van der Waals surface area contributed by atoms with Crippen LogP contribution in [0.5, 0.6) is 0 Å². The fourth-order valence-electron chi connectivity index (χ4n) is 2.24. The number of alkyl halides is 2. The van der Waals surface area contributed by atoms with Gasteiger partial charge in [-0.1, -0.05) is 12.1 Å². The van der Waals surface area contributed by atoms with Crippen LogP contribution < -0.4 is 10.6 Å². The second kappa shape index (κ2) is 6.39. The van der Waals surface area contributed by atoms with E-state index in [1.165, 1.54) is 4.90 Å². The van der Waals surface area contributed by atoms with E-state index in [0.717, 1.165) is 5.56 Å². The summed E-state index contributed by atoms with van der Waals surface area (Å²) in [6.45, 7) is -0.231. The second-order valence-corrected chi connectivity index (χ2v) is 5.61. The Morgan fingerprint density at radius 1 is 1.32 bits per heavy atom. The predicted molar refractivity (Wildman–Crippen MR) is 77.7 cm³/mol. The molecule has 0 spiro atoms. The van der Waals surface area contributed by atoms with Gasteiger partial charge < -0.3 is 10.2 Å². The smallest absolute Gasteiger partial charge is 0.262 e. The second-order valence-electron chi connectivity index (χ2n) is 5.61. The van der Waals surface area contributed by atoms with E-state index in [2.05, 4.69) is 10.6 Å². The van der Waals surface area contributed by atoms with Crippen molar-refractivity contribution in [2.45, 2.75) is 24.9 Å². The zero-order valence-corrected chi connectivity index (χ0v) is 12.5. The number of carbonyl (C=O) groups excluding carboxylic acids is 2. The molecule has 1 aromatic carbocycles. The number of halogens is 2. The van der Waals surface area contributed by atoms with Gasteiger partial charge in [0.2, 0.25) is 5.91 Å². The molecular formula is C15H19F2N3O2. The van der Waals surface area contributed by atoms with Crippen molar-refractivity contribution in [1.82, 2.24) is 15.5 Å². The van der Waals surface area contributed by atoms with E-state index in [-0.39, 0.29) is 12.5 Å². The molecule has 0 aliphatic carbocycles. The van der Waals surface area contributed by atoms with Crippen LogP contribution in [0.25, 0.3) is 0 Å². The Bertz CT molecular complexity index is 558. The molecular weight excluding hydrogens is 292 g/mol. The third kappa shape index (κ3) is 4.00. The molecule has 1 aliphatic rings. The van der Waals surface area contributed by atoms with Crippen molar-refractivity contribution >= 4 is 11.8 Å². The fourth-order valence-corrected chi connectivity index (χ4v) is 2.24. The Morgan fingerprint density at radius 2 is 1.95 bits per heavy atom. The number of benzene rings is 1. The Labute approximate surface area is 127 Å². The molecule has 1 atom stereocenters. The van der Waals surface area contributed by atoms with Gasteiger partial charge in [0.05, 0.1) is 12.6 Å². The molecule has 2 amide bonds. The summed E-state index contributed by atoms with van der Waals surface area (Å²) in [6.07, 6.45) is -0.477. The summed E-state index contributed by atoms with van der Waals surface area (Å²) in [5.74, 6) is -3.37. The lowest BCUT2D eigenvalue weighted by atomic mass is 10.1. The highest BCUT2D eigenvalue weighted by atomic mass is 19.3. The van der Waals surface area contributed by atoms with Gasteiger partial charge in [0, 0.05) is 32.6 Å². The number of amides is 2. The molecule has 1 fully saturated rings. The third-order valence-electron chi connectivity index (χ3n) is 3.50. The van der Waals surface area contributed by atoms with Crippen LogP contribution in [0.1, 0.15) is 22.3 Å². The Hall–Kier alpha value is -2.02. The van der Waals surface area contributed by atoms with Gasteiger partial charge in [-0.05, 0) is 17.7 Å². The molecule has 0 saturated carbocycles. The molecule has 7 heteroatoms. The summed E-state index contributed by atoms with van der Waals surface area (Å²) in [5.41, 5.74) is 1.35. The fraction of sp³-hybridized carbons (Fsp3) is 0.467. The van der Waals surface area contributed by atoms with E-state index in [1.807, 2.05) is 0 Å². The monoisotopic (exact) mass is 311 g/mol. The summed E-state index contributed by atoms with van der Waals surface area (Å²) < 4.78 is 26.0. The molecule has 1 saturated heterocycles. The van der Waals surface area contributed by atoms with Crippen molar-refractivity contribution < 1.29 is 18.4 Å². The maximum absolute atomic E-state index is 13.0. The summed E-state index contributed by atoms with van der Waals surface area (Å²) in [5, 5.41) is 5.13. The molecule has 0 bridgehead atoms. The highest BCUT2D eigenvalue weighted by molar-refractivity contribution is 5.93. The van der Waals surface area contributed by atoms with Gasteiger partial charge in [0.1, 0.15) is 0 Å². The number of rotatable bonds is 4. The van der Waals surface area contributed by atoms with Crippen molar-refractivity contribution in [3.8, 4) is 0 Å². The average molecular weight is 311 g/mol. The normalized spacial score (nSPS) is 19.7. The number of hydrogen-bond donors (Lipinski definition) is 2. The maximum atomic E-state index is 13.0. The zero-order valence-electron chi connectivity index (χ0n) is 12.5. The van der Waals surface area contributed by atoms with Crippen LogP contribution in [0, 0.1) is 0 Å². The highest BCUT2D eigenvalue weighted by Crippen LogP contribution is 2.25. The lowest BCUT2D eigenvalue weighted by Crippen LogP contribution is -2.40. The lowest BCUT2D eigenvalue weighted by Gasteiger charge is -2.12. The molecule has 1 heterocycles. The van der Waals surface area contributed by atoms with Gasteiger partial charge in [-0.15, -0.1) is 0 Å². The summed E-state index contributed by atoms with van der Waals surface area (Å²) in [7, 11) is 3.34. The minimum absolute atomic E-state index is 0.104. The quantitative estimate of drug-likeness (QED) is 0.872. The van der Waals surface area contributed by atoms with Crippen LogP contribution in [-0.4, -0.2) is 49.3 Å². The van der Waals surface area contributed by atoms with Crippen molar-refractivity contribution in [1.29, 1.82) is 0 Å². The van der Waals surface area contributed by atoms with E-state index < -0.39 is 30.8 Å². The van der Waals surface area contributed by atoms with E-state index >= 15 is 0 Å². The van der Waals surface area contributed by atoms with Crippen molar-refractivity contribution in [3.05, 3.63) is 35.4 Å². The summed E-state index contributed by atoms with van der Waals surface area (Å²) in [4.78, 5) is 25.0. The van der Waals surface area contributed by atoms with Crippen LogP contribution in [0.4, 0.5) is 8.78 Å². The SMILES string of the molecule is CN(C)C(=O)c1ccc(CNC(=O)C2CC(F)(F)CN2)cc1. The van der Waals surface area contributed by atoms with Crippen LogP contribution in [0.15, 0.2) is 24.3 Å². The first-order valence-corrected chi connectivity index (χ1v) is 6.98. The number of carbonyl (C=O) groups is 2. The van der Waals surface area contributed by atoms with Crippen LogP contribution in [0.2, 0.25) is 0 Å². The van der Waals surface area contributed by atoms with Crippen LogP contribution in [0.3, 0.4) is 0 Å². The van der Waals surface area contributed by atoms with Gasteiger partial charge in [0.15, 0.2) is 0 Å². The number of nitrogens with one attached hydrogen (secondary N) is 2. The molecule has 2 rings (SSSR count). The maximum Gasteiger partial charge on any atom is 0.262 e. The van der Waals surface area contributed by atoms with E-state index in [0.29, 0.717) is 5.56 Å². The minimum Gasteiger partial charge on any atom is -0.351 e. The first-order valence-electron chi connectivity index (χ1n) is 6.98. The van der Waals surface area contributed by atoms with Gasteiger partial charge in [0.25, 0.3) is 11.8 Å². The third-order valence-corrected chi connectivity index (χ3v) is 3.50. The standard InChI is InChI=1S/C15H19F2N3O2/c1-20(2)14(22)11-5-3-10(4-6-11)8-18-13(21)12-7-15(16,17)9-19-12/h3-6,12,19H,7-9H2,1-2H3,(H,18,21). The molecule has 120 valence electrons. The summed E-state index contributed by atoms with van der Waals surface area (Å²) >= 11 is 0. The van der Waals surface area contributed by atoms with Gasteiger partial charge in [-0.3, -0.25) is 14.9 Å². The highest BCUT2D eigenvalue weighted by Gasteiger charge is 2.42. The first-order chi connectivity index (χ1) is 10.3. The topological polar surface area (TPSA) is 61.4 Å². The van der Waals surface area contributed by atoms with Crippen LogP contribution >= 0.6 is 0 Å². The zero-order chi connectivity index (χ0) is 16.3. The van der Waals surface area contributed by atoms with E-state index in [4.69, 9.17) is 0 Å².